The van der Waals surface area contributed by atoms with Crippen LogP contribution in [-0.2, 0) is 16.1 Å². The van der Waals surface area contributed by atoms with Crippen LogP contribution in [0.2, 0.25) is 0 Å². The Morgan fingerprint density at radius 3 is 2.48 bits per heavy atom. The Balaban J connectivity index is 1.71. The summed E-state index contributed by atoms with van der Waals surface area (Å²) in [6.45, 7) is 7.06. The highest BCUT2D eigenvalue weighted by Gasteiger charge is 2.58. The van der Waals surface area contributed by atoms with Gasteiger partial charge in [0.15, 0.2) is 0 Å². The topological polar surface area (TPSA) is 46.6 Å². The molecule has 4 heteroatoms. The molecule has 1 aliphatic heterocycles. The first-order valence-electron chi connectivity index (χ1n) is 8.46. The molecule has 2 amide bonds. The molecule has 0 radical (unpaired) electrons. The minimum absolute atomic E-state index is 0.0918. The number of carbonyl (C=O) groups is 2. The number of carbonyl (C=O) groups excluding carboxylic acids is 2. The van der Waals surface area contributed by atoms with Gasteiger partial charge in [0.25, 0.3) is 0 Å². The van der Waals surface area contributed by atoms with Crippen molar-refractivity contribution >= 4 is 12.0 Å². The maximum atomic E-state index is 12.6. The van der Waals surface area contributed by atoms with Crippen LogP contribution in [-0.4, -0.2) is 23.4 Å². The van der Waals surface area contributed by atoms with Crippen molar-refractivity contribution in [1.82, 2.24) is 4.90 Å². The van der Waals surface area contributed by atoms with E-state index < -0.39 is 6.09 Å². The lowest BCUT2D eigenvalue weighted by molar-refractivity contribution is -0.133. The second-order valence-electron chi connectivity index (χ2n) is 7.34. The summed E-state index contributed by atoms with van der Waals surface area (Å²) in [6.07, 6.45) is 1.45. The third-order valence-electron chi connectivity index (χ3n) is 5.76. The fourth-order valence-electron chi connectivity index (χ4n) is 4.03. The quantitative estimate of drug-likeness (QED) is 0.832. The molecule has 0 bridgehead atoms. The molecule has 124 valence electrons. The van der Waals surface area contributed by atoms with Crippen molar-refractivity contribution in [3.8, 4) is 0 Å². The average Bonchev–Trinajstić information content (AvgIpc) is 3.22. The van der Waals surface area contributed by atoms with E-state index in [0.29, 0.717) is 18.4 Å². The summed E-state index contributed by atoms with van der Waals surface area (Å²) in [7, 11) is 0. The molecular weight excluding hydrogens is 290 g/mol. The molecule has 1 spiro atoms. The van der Waals surface area contributed by atoms with Gasteiger partial charge < -0.3 is 4.74 Å². The predicted molar refractivity (Wildman–Crippen MR) is 87.5 cm³/mol. The molecule has 1 saturated carbocycles. The van der Waals surface area contributed by atoms with E-state index in [1.165, 1.54) is 4.90 Å². The number of likely N-dealkylation sites (tertiary alicyclic amines) is 1. The molecule has 0 N–H and O–H groups in total. The largest absolute Gasteiger partial charge is 0.444 e. The SMILES string of the molecule is CC1CC(C)[C@@]2(C[C@@H]2C)CN(C(=O)OCc2ccccc2)C1=O. The Bertz CT molecular complexity index is 600. The summed E-state index contributed by atoms with van der Waals surface area (Å²) in [5, 5.41) is 0. The van der Waals surface area contributed by atoms with Gasteiger partial charge in [-0.05, 0) is 35.7 Å². The summed E-state index contributed by atoms with van der Waals surface area (Å²) in [6, 6.07) is 9.56. The zero-order valence-corrected chi connectivity index (χ0v) is 14.1. The Hall–Kier alpha value is -1.84. The molecule has 0 aromatic heterocycles. The summed E-state index contributed by atoms with van der Waals surface area (Å²) < 4.78 is 5.40. The molecule has 1 aromatic rings. The van der Waals surface area contributed by atoms with Crippen molar-refractivity contribution in [3.63, 3.8) is 0 Å². The predicted octanol–water partition coefficient (Wildman–Crippen LogP) is 3.85. The lowest BCUT2D eigenvalue weighted by atomic mass is 9.84. The third-order valence-corrected chi connectivity index (χ3v) is 5.76. The Kier molecular flexibility index (Phi) is 4.17. The maximum absolute atomic E-state index is 12.6. The summed E-state index contributed by atoms with van der Waals surface area (Å²) >= 11 is 0. The van der Waals surface area contributed by atoms with Crippen LogP contribution in [0.25, 0.3) is 0 Å². The highest BCUT2D eigenvalue weighted by Crippen LogP contribution is 2.60. The van der Waals surface area contributed by atoms with E-state index in [-0.39, 0.29) is 23.8 Å². The zero-order chi connectivity index (χ0) is 16.6. The van der Waals surface area contributed by atoms with E-state index in [9.17, 15) is 9.59 Å². The minimum Gasteiger partial charge on any atom is -0.444 e. The number of hydrogen-bond donors (Lipinski definition) is 0. The molecule has 2 aliphatic rings. The van der Waals surface area contributed by atoms with Gasteiger partial charge in [0.2, 0.25) is 5.91 Å². The van der Waals surface area contributed by atoms with Crippen LogP contribution in [0.3, 0.4) is 0 Å². The second kappa shape index (κ2) is 5.99. The fourth-order valence-corrected chi connectivity index (χ4v) is 4.03. The van der Waals surface area contributed by atoms with Gasteiger partial charge in [0, 0.05) is 12.5 Å². The lowest BCUT2D eigenvalue weighted by Crippen LogP contribution is -2.42. The van der Waals surface area contributed by atoms with Crippen molar-refractivity contribution in [2.45, 2.75) is 40.2 Å². The number of hydrogen-bond acceptors (Lipinski definition) is 3. The molecule has 4 nitrogen and oxygen atoms in total. The van der Waals surface area contributed by atoms with Gasteiger partial charge in [0.05, 0.1) is 0 Å². The van der Waals surface area contributed by atoms with Gasteiger partial charge in [-0.2, -0.15) is 0 Å². The van der Waals surface area contributed by atoms with Crippen LogP contribution in [0.5, 0.6) is 0 Å². The molecule has 1 saturated heterocycles. The van der Waals surface area contributed by atoms with Gasteiger partial charge >= 0.3 is 6.09 Å². The van der Waals surface area contributed by atoms with Crippen molar-refractivity contribution in [2.24, 2.45) is 23.2 Å². The van der Waals surface area contributed by atoms with E-state index in [0.717, 1.165) is 18.4 Å². The van der Waals surface area contributed by atoms with Crippen LogP contribution in [0.15, 0.2) is 30.3 Å². The summed E-state index contributed by atoms with van der Waals surface area (Å²) in [4.78, 5) is 26.4. The van der Waals surface area contributed by atoms with E-state index in [1.54, 1.807) is 0 Å². The maximum Gasteiger partial charge on any atom is 0.416 e. The first-order valence-corrected chi connectivity index (χ1v) is 8.46. The van der Waals surface area contributed by atoms with Gasteiger partial charge in [-0.3, -0.25) is 4.79 Å². The van der Waals surface area contributed by atoms with Crippen LogP contribution in [0.4, 0.5) is 4.79 Å². The van der Waals surface area contributed by atoms with Gasteiger partial charge in [-0.1, -0.05) is 51.1 Å². The van der Waals surface area contributed by atoms with Gasteiger partial charge in [-0.25, -0.2) is 9.69 Å². The molecule has 2 fully saturated rings. The average molecular weight is 315 g/mol. The van der Waals surface area contributed by atoms with Crippen molar-refractivity contribution < 1.29 is 14.3 Å². The normalized spacial score (nSPS) is 33.4. The van der Waals surface area contributed by atoms with Gasteiger partial charge in [-0.15, -0.1) is 0 Å². The lowest BCUT2D eigenvalue weighted by Gasteiger charge is -2.26. The van der Waals surface area contributed by atoms with E-state index in [1.807, 2.05) is 37.3 Å². The standard InChI is InChI=1S/C19H25NO3/c1-13-9-14(2)19(10-15(19)3)12-20(17(13)21)18(22)23-11-16-7-5-4-6-8-16/h4-8,13-15H,9-12H2,1-3H3/t13?,14?,15-,19+/m0/s1. The fraction of sp³-hybridized carbons (Fsp3) is 0.579. The Morgan fingerprint density at radius 1 is 1.22 bits per heavy atom. The molecule has 1 aliphatic carbocycles. The van der Waals surface area contributed by atoms with Crippen LogP contribution >= 0.6 is 0 Å². The van der Waals surface area contributed by atoms with Crippen LogP contribution in [0, 0.1) is 23.2 Å². The van der Waals surface area contributed by atoms with Crippen molar-refractivity contribution in [2.75, 3.05) is 6.54 Å². The number of amides is 2. The number of rotatable bonds is 2. The highest BCUT2D eigenvalue weighted by molar-refractivity contribution is 5.93. The molecule has 1 heterocycles. The highest BCUT2D eigenvalue weighted by atomic mass is 16.6. The second-order valence-corrected chi connectivity index (χ2v) is 7.34. The first kappa shape index (κ1) is 16.0. The summed E-state index contributed by atoms with van der Waals surface area (Å²) in [5.41, 5.74) is 1.03. The van der Waals surface area contributed by atoms with Gasteiger partial charge in [0.1, 0.15) is 6.61 Å². The minimum atomic E-state index is -0.502. The number of ether oxygens (including phenoxy) is 1. The molecular formula is C19H25NO3. The third kappa shape index (κ3) is 2.99. The number of imide groups is 1. The first-order chi connectivity index (χ1) is 10.9. The van der Waals surface area contributed by atoms with Crippen molar-refractivity contribution in [1.29, 1.82) is 0 Å². The zero-order valence-electron chi connectivity index (χ0n) is 14.1. The molecule has 1 aromatic carbocycles. The number of nitrogens with zero attached hydrogens (tertiary/aromatic N) is 1. The molecule has 23 heavy (non-hydrogen) atoms. The van der Waals surface area contributed by atoms with E-state index in [4.69, 9.17) is 4.74 Å². The molecule has 2 unspecified atom stereocenters. The Labute approximate surface area is 137 Å². The van der Waals surface area contributed by atoms with Crippen molar-refractivity contribution in [3.05, 3.63) is 35.9 Å². The number of benzene rings is 1. The summed E-state index contributed by atoms with van der Waals surface area (Å²) in [5.74, 6) is 0.815. The molecule has 3 rings (SSSR count). The van der Waals surface area contributed by atoms with E-state index >= 15 is 0 Å². The Morgan fingerprint density at radius 2 is 1.87 bits per heavy atom. The van der Waals surface area contributed by atoms with Crippen LogP contribution in [0.1, 0.15) is 39.2 Å². The molecule has 4 atom stereocenters. The smallest absolute Gasteiger partial charge is 0.416 e. The monoisotopic (exact) mass is 315 g/mol. The van der Waals surface area contributed by atoms with E-state index in [2.05, 4.69) is 13.8 Å². The van der Waals surface area contributed by atoms with Crippen LogP contribution < -0.4 is 0 Å².